The van der Waals surface area contributed by atoms with Crippen molar-refractivity contribution in [2.24, 2.45) is 0 Å². The SMILES string of the molecule is O=C(c1noc2c1CCCC2)N1CCC[C@@H]1c1nccs1. The molecule has 0 N–H and O–H groups in total. The molecule has 5 nitrogen and oxygen atoms in total. The average molecular weight is 303 g/mol. The standard InChI is InChI=1S/C15H17N3O2S/c19-15(13-10-4-1-2-6-12(10)20-17-13)18-8-3-5-11(18)14-16-7-9-21-14/h7,9,11H,1-6,8H2/t11-/m1/s1. The van der Waals surface area contributed by atoms with Crippen LogP contribution in [-0.4, -0.2) is 27.5 Å². The topological polar surface area (TPSA) is 59.2 Å². The minimum atomic E-state index is 0.0135. The Hall–Kier alpha value is -1.69. The number of aryl methyl sites for hydroxylation is 1. The van der Waals surface area contributed by atoms with Crippen LogP contribution in [0.3, 0.4) is 0 Å². The van der Waals surface area contributed by atoms with Gasteiger partial charge in [-0.1, -0.05) is 5.16 Å². The Balaban J connectivity index is 1.63. The fourth-order valence-corrected chi connectivity index (χ4v) is 4.14. The molecule has 1 aliphatic heterocycles. The van der Waals surface area contributed by atoms with Crippen molar-refractivity contribution in [3.8, 4) is 0 Å². The first-order chi connectivity index (χ1) is 10.3. The quantitative estimate of drug-likeness (QED) is 0.855. The second-order valence-electron chi connectivity index (χ2n) is 5.67. The van der Waals surface area contributed by atoms with E-state index in [0.717, 1.165) is 61.4 Å². The van der Waals surface area contributed by atoms with Crippen LogP contribution in [0.2, 0.25) is 0 Å². The second kappa shape index (κ2) is 5.26. The molecule has 0 spiro atoms. The van der Waals surface area contributed by atoms with E-state index in [2.05, 4.69) is 10.1 Å². The Bertz CT molecular complexity index is 650. The smallest absolute Gasteiger partial charge is 0.276 e. The van der Waals surface area contributed by atoms with Crippen LogP contribution < -0.4 is 0 Å². The molecule has 2 aromatic heterocycles. The van der Waals surface area contributed by atoms with Crippen LogP contribution in [0.4, 0.5) is 0 Å². The first kappa shape index (κ1) is 13.0. The summed E-state index contributed by atoms with van der Waals surface area (Å²) in [5.74, 6) is 0.925. The van der Waals surface area contributed by atoms with Crippen LogP contribution >= 0.6 is 11.3 Å². The molecule has 6 heteroatoms. The third kappa shape index (κ3) is 2.18. The van der Waals surface area contributed by atoms with Crippen molar-refractivity contribution < 1.29 is 9.32 Å². The number of amides is 1. The van der Waals surface area contributed by atoms with Crippen molar-refractivity contribution in [1.82, 2.24) is 15.0 Å². The molecule has 4 rings (SSSR count). The predicted molar refractivity (Wildman–Crippen MR) is 78.3 cm³/mol. The predicted octanol–water partition coefficient (Wildman–Crippen LogP) is 2.99. The van der Waals surface area contributed by atoms with Crippen molar-refractivity contribution >= 4 is 17.2 Å². The number of carbonyl (C=O) groups excluding carboxylic acids is 1. The van der Waals surface area contributed by atoms with E-state index < -0.39 is 0 Å². The molecule has 110 valence electrons. The zero-order valence-corrected chi connectivity index (χ0v) is 12.6. The summed E-state index contributed by atoms with van der Waals surface area (Å²) >= 11 is 1.62. The molecule has 0 aromatic carbocycles. The third-order valence-corrected chi connectivity index (χ3v) is 5.28. The van der Waals surface area contributed by atoms with E-state index >= 15 is 0 Å². The monoisotopic (exact) mass is 303 g/mol. The van der Waals surface area contributed by atoms with Gasteiger partial charge in [-0.3, -0.25) is 4.79 Å². The molecule has 1 amide bonds. The normalized spacial score (nSPS) is 21.5. The molecule has 1 aliphatic carbocycles. The van der Waals surface area contributed by atoms with Gasteiger partial charge in [0.15, 0.2) is 5.69 Å². The maximum absolute atomic E-state index is 12.9. The molecule has 0 bridgehead atoms. The van der Waals surface area contributed by atoms with Gasteiger partial charge in [0, 0.05) is 30.1 Å². The maximum atomic E-state index is 12.9. The fourth-order valence-electron chi connectivity index (χ4n) is 3.35. The van der Waals surface area contributed by atoms with Gasteiger partial charge >= 0.3 is 0 Å². The van der Waals surface area contributed by atoms with Crippen LogP contribution in [0.1, 0.15) is 58.5 Å². The van der Waals surface area contributed by atoms with Gasteiger partial charge in [-0.05, 0) is 32.1 Å². The summed E-state index contributed by atoms with van der Waals surface area (Å²) in [6, 6.07) is 0.105. The number of hydrogen-bond acceptors (Lipinski definition) is 5. The average Bonchev–Trinajstić information content (AvgIpc) is 3.25. The van der Waals surface area contributed by atoms with Crippen LogP contribution in [0.15, 0.2) is 16.1 Å². The van der Waals surface area contributed by atoms with E-state index in [1.165, 1.54) is 0 Å². The van der Waals surface area contributed by atoms with Gasteiger partial charge in [0.2, 0.25) is 0 Å². The van der Waals surface area contributed by atoms with Crippen molar-refractivity contribution in [1.29, 1.82) is 0 Å². The summed E-state index contributed by atoms with van der Waals surface area (Å²) in [6.45, 7) is 0.782. The van der Waals surface area contributed by atoms with E-state index in [4.69, 9.17) is 4.52 Å². The lowest BCUT2D eigenvalue weighted by molar-refractivity contribution is 0.0724. The van der Waals surface area contributed by atoms with Gasteiger partial charge in [-0.25, -0.2) is 4.98 Å². The molecule has 0 unspecified atom stereocenters. The number of aromatic nitrogens is 2. The van der Waals surface area contributed by atoms with Gasteiger partial charge in [0.25, 0.3) is 5.91 Å². The number of hydrogen-bond donors (Lipinski definition) is 0. The fraction of sp³-hybridized carbons (Fsp3) is 0.533. The molecule has 1 saturated heterocycles. The summed E-state index contributed by atoms with van der Waals surface area (Å²) in [5.41, 5.74) is 1.57. The largest absolute Gasteiger partial charge is 0.360 e. The highest BCUT2D eigenvalue weighted by Gasteiger charge is 2.35. The van der Waals surface area contributed by atoms with Gasteiger partial charge in [-0.2, -0.15) is 0 Å². The zero-order chi connectivity index (χ0) is 14.2. The number of carbonyl (C=O) groups is 1. The van der Waals surface area contributed by atoms with Crippen molar-refractivity contribution in [2.75, 3.05) is 6.54 Å². The second-order valence-corrected chi connectivity index (χ2v) is 6.59. The molecule has 2 aliphatic rings. The molecule has 1 fully saturated rings. The molecule has 2 aromatic rings. The molecule has 0 saturated carbocycles. The number of nitrogens with zero attached hydrogens (tertiary/aromatic N) is 3. The zero-order valence-electron chi connectivity index (χ0n) is 11.7. The highest BCUT2D eigenvalue weighted by Crippen LogP contribution is 2.35. The number of fused-ring (bicyclic) bond motifs is 1. The highest BCUT2D eigenvalue weighted by atomic mass is 32.1. The first-order valence-corrected chi connectivity index (χ1v) is 8.40. The van der Waals surface area contributed by atoms with Crippen LogP contribution in [-0.2, 0) is 12.8 Å². The molecule has 0 radical (unpaired) electrons. The van der Waals surface area contributed by atoms with E-state index in [0.29, 0.717) is 5.69 Å². The Morgan fingerprint density at radius 2 is 2.24 bits per heavy atom. The van der Waals surface area contributed by atoms with Gasteiger partial charge in [0.05, 0.1) is 6.04 Å². The summed E-state index contributed by atoms with van der Waals surface area (Å²) < 4.78 is 5.38. The van der Waals surface area contributed by atoms with Crippen LogP contribution in [0, 0.1) is 0 Å². The van der Waals surface area contributed by atoms with Crippen molar-refractivity contribution in [3.05, 3.63) is 33.6 Å². The summed E-state index contributed by atoms with van der Waals surface area (Å²) in [6.07, 6.45) is 7.88. The van der Waals surface area contributed by atoms with Crippen molar-refractivity contribution in [2.45, 2.75) is 44.6 Å². The Morgan fingerprint density at radius 3 is 3.10 bits per heavy atom. The lowest BCUT2D eigenvalue weighted by atomic mass is 9.96. The molecule has 21 heavy (non-hydrogen) atoms. The first-order valence-electron chi connectivity index (χ1n) is 7.52. The minimum Gasteiger partial charge on any atom is -0.360 e. The molecule has 1 atom stereocenters. The molecular formula is C15H17N3O2S. The number of rotatable bonds is 2. The summed E-state index contributed by atoms with van der Waals surface area (Å²) in [5, 5.41) is 7.07. The Labute approximate surface area is 127 Å². The van der Waals surface area contributed by atoms with Gasteiger partial charge < -0.3 is 9.42 Å². The summed E-state index contributed by atoms with van der Waals surface area (Å²) in [4.78, 5) is 19.2. The van der Waals surface area contributed by atoms with E-state index in [1.54, 1.807) is 17.5 Å². The highest BCUT2D eigenvalue weighted by molar-refractivity contribution is 7.09. The maximum Gasteiger partial charge on any atom is 0.276 e. The molecular weight excluding hydrogens is 286 g/mol. The molecule has 3 heterocycles. The lowest BCUT2D eigenvalue weighted by Crippen LogP contribution is -2.31. The van der Waals surface area contributed by atoms with E-state index in [9.17, 15) is 4.79 Å². The van der Waals surface area contributed by atoms with Crippen LogP contribution in [0.25, 0.3) is 0 Å². The van der Waals surface area contributed by atoms with Crippen molar-refractivity contribution in [3.63, 3.8) is 0 Å². The minimum absolute atomic E-state index is 0.0135. The third-order valence-electron chi connectivity index (χ3n) is 4.40. The van der Waals surface area contributed by atoms with Crippen LogP contribution in [0.5, 0.6) is 0 Å². The van der Waals surface area contributed by atoms with Gasteiger partial charge in [-0.15, -0.1) is 11.3 Å². The number of likely N-dealkylation sites (tertiary alicyclic amines) is 1. The lowest BCUT2D eigenvalue weighted by Gasteiger charge is -2.22. The Kier molecular flexibility index (Phi) is 3.25. The van der Waals surface area contributed by atoms with Gasteiger partial charge in [0.1, 0.15) is 10.8 Å². The summed E-state index contributed by atoms with van der Waals surface area (Å²) in [7, 11) is 0. The van der Waals surface area contributed by atoms with E-state index in [-0.39, 0.29) is 11.9 Å². The van der Waals surface area contributed by atoms with E-state index in [1.807, 2.05) is 10.3 Å². The number of thiazole rings is 1. The Morgan fingerprint density at radius 1 is 1.33 bits per heavy atom.